The number of hydrogen-bond donors (Lipinski definition) is 0. The Kier molecular flexibility index (Phi) is 1.20. The molecule has 0 aliphatic heterocycles. The number of nitrogens with one attached hydrogen (secondary N) is 1. The molecule has 3 nitrogen and oxygen atoms in total. The molecule has 1 N–H and O–H groups in total. The van der Waals surface area contributed by atoms with Crippen LogP contribution in [-0.2, 0) is 0 Å². The zero-order valence-corrected chi connectivity index (χ0v) is 4.13. The van der Waals surface area contributed by atoms with Crippen molar-refractivity contribution in [2.45, 2.75) is 0 Å². The molecule has 0 aliphatic carbocycles. The Balaban J connectivity index is 3.05. The van der Waals surface area contributed by atoms with Gasteiger partial charge in [-0.3, -0.25) is 0 Å². The van der Waals surface area contributed by atoms with E-state index in [0.29, 0.717) is 5.69 Å². The number of hydrogen-bond acceptors (Lipinski definition) is 2. The zero-order valence-electron chi connectivity index (χ0n) is 4.13. The van der Waals surface area contributed by atoms with Crippen molar-refractivity contribution < 1.29 is 5.10 Å². The third-order valence-electron chi connectivity index (χ3n) is 0.724. The standard InChI is InChI=1S/C5H3N3/c6-4-5-2-1-3-7-8-5/h1-3H/p+1. The van der Waals surface area contributed by atoms with E-state index in [1.807, 2.05) is 6.07 Å². The first kappa shape index (κ1) is 4.72. The van der Waals surface area contributed by atoms with Crippen LogP contribution in [0.5, 0.6) is 0 Å². The van der Waals surface area contributed by atoms with E-state index in [-0.39, 0.29) is 0 Å². The van der Waals surface area contributed by atoms with Gasteiger partial charge in [0.2, 0.25) is 5.69 Å². The first-order valence-corrected chi connectivity index (χ1v) is 2.16. The van der Waals surface area contributed by atoms with Crippen LogP contribution in [0.1, 0.15) is 5.69 Å². The Morgan fingerprint density at radius 2 is 2.62 bits per heavy atom. The van der Waals surface area contributed by atoms with Crippen LogP contribution in [0.2, 0.25) is 0 Å². The van der Waals surface area contributed by atoms with Crippen molar-refractivity contribution in [1.29, 1.82) is 5.26 Å². The number of rotatable bonds is 0. The fraction of sp³-hybridized carbons (Fsp3) is 0. The monoisotopic (exact) mass is 106 g/mol. The Morgan fingerprint density at radius 1 is 1.75 bits per heavy atom. The quantitative estimate of drug-likeness (QED) is 0.458. The summed E-state index contributed by atoms with van der Waals surface area (Å²) in [5.41, 5.74) is 0.410. The van der Waals surface area contributed by atoms with E-state index in [1.165, 1.54) is 0 Å². The van der Waals surface area contributed by atoms with Gasteiger partial charge in [-0.2, -0.15) is 5.26 Å². The van der Waals surface area contributed by atoms with Crippen molar-refractivity contribution in [3.63, 3.8) is 0 Å². The molecule has 1 rings (SSSR count). The van der Waals surface area contributed by atoms with Crippen LogP contribution in [0, 0.1) is 11.3 Å². The van der Waals surface area contributed by atoms with Crippen molar-refractivity contribution >= 4 is 0 Å². The van der Waals surface area contributed by atoms with Gasteiger partial charge in [0.15, 0.2) is 6.20 Å². The highest BCUT2D eigenvalue weighted by molar-refractivity contribution is 5.14. The van der Waals surface area contributed by atoms with Gasteiger partial charge in [-0.1, -0.05) is 0 Å². The molecule has 1 aromatic rings. The molecule has 38 valence electrons. The summed E-state index contributed by atoms with van der Waals surface area (Å²) >= 11 is 0. The second-order valence-electron chi connectivity index (χ2n) is 1.26. The Labute approximate surface area is 46.6 Å². The summed E-state index contributed by atoms with van der Waals surface area (Å²) in [6.07, 6.45) is 1.65. The first-order chi connectivity index (χ1) is 3.93. The lowest BCUT2D eigenvalue weighted by Gasteiger charge is -1.71. The SMILES string of the molecule is N#Cc1ccc[nH+]n1. The van der Waals surface area contributed by atoms with E-state index in [4.69, 9.17) is 5.26 Å². The van der Waals surface area contributed by atoms with Crippen LogP contribution >= 0.6 is 0 Å². The van der Waals surface area contributed by atoms with Gasteiger partial charge in [-0.15, -0.1) is 5.10 Å². The topological polar surface area (TPSA) is 50.8 Å². The minimum atomic E-state index is 0.410. The molecule has 0 saturated heterocycles. The van der Waals surface area contributed by atoms with Crippen LogP contribution in [-0.4, -0.2) is 5.10 Å². The predicted octanol–water partition coefficient (Wildman–Crippen LogP) is -0.233. The lowest BCUT2D eigenvalue weighted by Crippen LogP contribution is -2.06. The van der Waals surface area contributed by atoms with Gasteiger partial charge in [-0.05, 0) is 6.07 Å². The maximum absolute atomic E-state index is 8.21. The summed E-state index contributed by atoms with van der Waals surface area (Å²) in [6, 6.07) is 5.25. The van der Waals surface area contributed by atoms with Crippen molar-refractivity contribution in [2.24, 2.45) is 0 Å². The van der Waals surface area contributed by atoms with Gasteiger partial charge < -0.3 is 0 Å². The van der Waals surface area contributed by atoms with Crippen LogP contribution in [0.25, 0.3) is 0 Å². The molecule has 8 heavy (non-hydrogen) atoms. The van der Waals surface area contributed by atoms with Crippen molar-refractivity contribution in [3.05, 3.63) is 24.0 Å². The Bertz CT molecular complexity index is 199. The lowest BCUT2D eigenvalue weighted by molar-refractivity contribution is -0.455. The average molecular weight is 106 g/mol. The molecule has 0 fully saturated rings. The van der Waals surface area contributed by atoms with Gasteiger partial charge in [0.05, 0.1) is 0 Å². The molecular weight excluding hydrogens is 102 g/mol. The number of aromatic nitrogens is 2. The van der Waals surface area contributed by atoms with Crippen LogP contribution in [0.3, 0.4) is 0 Å². The smallest absolute Gasteiger partial charge is 0.190 e. The fourth-order valence-electron chi connectivity index (χ4n) is 0.389. The summed E-state index contributed by atoms with van der Waals surface area (Å²) in [4.78, 5) is 0. The van der Waals surface area contributed by atoms with E-state index in [0.717, 1.165) is 0 Å². The van der Waals surface area contributed by atoms with Crippen molar-refractivity contribution in [3.8, 4) is 6.07 Å². The maximum atomic E-state index is 8.21. The number of aromatic amines is 1. The second-order valence-corrected chi connectivity index (χ2v) is 1.26. The van der Waals surface area contributed by atoms with Gasteiger partial charge in [-0.25, -0.2) is 0 Å². The third kappa shape index (κ3) is 0.793. The van der Waals surface area contributed by atoms with E-state index in [9.17, 15) is 0 Å². The van der Waals surface area contributed by atoms with Gasteiger partial charge in [0, 0.05) is 11.2 Å². The second kappa shape index (κ2) is 2.03. The lowest BCUT2D eigenvalue weighted by atomic mass is 10.4. The van der Waals surface area contributed by atoms with Gasteiger partial charge in [0.1, 0.15) is 6.07 Å². The highest BCUT2D eigenvalue weighted by atomic mass is 15.1. The molecule has 0 amide bonds. The van der Waals surface area contributed by atoms with Gasteiger partial charge >= 0.3 is 0 Å². The van der Waals surface area contributed by atoms with E-state index in [2.05, 4.69) is 10.2 Å². The molecule has 0 saturated carbocycles. The highest BCUT2D eigenvalue weighted by Gasteiger charge is 1.88. The van der Waals surface area contributed by atoms with Crippen LogP contribution < -0.4 is 5.10 Å². The third-order valence-corrected chi connectivity index (χ3v) is 0.724. The fourth-order valence-corrected chi connectivity index (χ4v) is 0.389. The highest BCUT2D eigenvalue weighted by Crippen LogP contribution is 1.81. The van der Waals surface area contributed by atoms with Crippen molar-refractivity contribution in [2.75, 3.05) is 0 Å². The largest absolute Gasteiger partial charge is 0.207 e. The Morgan fingerprint density at radius 3 is 3.00 bits per heavy atom. The minimum absolute atomic E-state index is 0.410. The Hall–Kier alpha value is -1.43. The molecule has 0 aliphatic rings. The van der Waals surface area contributed by atoms with Gasteiger partial charge in [0.25, 0.3) is 0 Å². The van der Waals surface area contributed by atoms with E-state index in [1.54, 1.807) is 18.3 Å². The zero-order chi connectivity index (χ0) is 5.82. The minimum Gasteiger partial charge on any atom is -0.190 e. The molecule has 0 spiro atoms. The van der Waals surface area contributed by atoms with Crippen LogP contribution in [0.15, 0.2) is 18.3 Å². The molecule has 0 aromatic carbocycles. The molecule has 1 heterocycles. The van der Waals surface area contributed by atoms with E-state index >= 15 is 0 Å². The number of nitriles is 1. The normalized spacial score (nSPS) is 7.88. The van der Waals surface area contributed by atoms with E-state index < -0.39 is 0 Å². The maximum Gasteiger partial charge on any atom is 0.207 e. The number of H-pyrrole nitrogens is 1. The van der Waals surface area contributed by atoms with Crippen LogP contribution in [0.4, 0.5) is 0 Å². The first-order valence-electron chi connectivity index (χ1n) is 2.16. The molecule has 3 heteroatoms. The molecule has 0 atom stereocenters. The number of nitrogens with zero attached hydrogens (tertiary/aromatic N) is 2. The molecule has 0 bridgehead atoms. The van der Waals surface area contributed by atoms with Crippen molar-refractivity contribution in [1.82, 2.24) is 5.10 Å². The molecule has 0 unspecified atom stereocenters. The average Bonchev–Trinajstić information content (AvgIpc) is 1.90. The summed E-state index contributed by atoms with van der Waals surface area (Å²) in [6.45, 7) is 0. The summed E-state index contributed by atoms with van der Waals surface area (Å²) < 4.78 is 0. The summed E-state index contributed by atoms with van der Waals surface area (Å²) in [5.74, 6) is 0. The molecule has 1 aromatic heterocycles. The molecule has 0 radical (unpaired) electrons. The summed E-state index contributed by atoms with van der Waals surface area (Å²) in [7, 11) is 0. The summed E-state index contributed by atoms with van der Waals surface area (Å²) in [5, 5.41) is 14.4. The predicted molar refractivity (Wildman–Crippen MR) is 25.5 cm³/mol. The molecular formula is C5H4N3+.